The lowest BCUT2D eigenvalue weighted by atomic mass is 10.1. The maximum Gasteiger partial charge on any atom is 0.214 e. The van der Waals surface area contributed by atoms with Gasteiger partial charge in [-0.25, -0.2) is 21.9 Å². The Kier molecular flexibility index (Phi) is 4.47. The number of benzene rings is 1. The van der Waals surface area contributed by atoms with Crippen molar-refractivity contribution in [2.75, 3.05) is 13.1 Å². The van der Waals surface area contributed by atoms with Gasteiger partial charge in [-0.3, -0.25) is 4.90 Å². The van der Waals surface area contributed by atoms with Crippen molar-refractivity contribution < 1.29 is 17.2 Å². The molecule has 1 aliphatic heterocycles. The molecule has 1 heterocycles. The Bertz CT molecular complexity index is 639. The molecule has 0 aromatic heterocycles. The zero-order valence-corrected chi connectivity index (χ0v) is 13.1. The van der Waals surface area contributed by atoms with Crippen LogP contribution in [0.3, 0.4) is 0 Å². The lowest BCUT2D eigenvalue weighted by Gasteiger charge is -2.32. The highest BCUT2D eigenvalue weighted by atomic mass is 32.2. The molecule has 3 rings (SSSR count). The minimum atomic E-state index is -3.13. The fourth-order valence-electron chi connectivity index (χ4n) is 2.81. The van der Waals surface area contributed by atoms with Crippen LogP contribution in [0.4, 0.5) is 8.78 Å². The van der Waals surface area contributed by atoms with Gasteiger partial charge >= 0.3 is 0 Å². The van der Waals surface area contributed by atoms with Gasteiger partial charge in [0.25, 0.3) is 0 Å². The van der Waals surface area contributed by atoms with E-state index in [1.807, 2.05) is 0 Å². The Morgan fingerprint density at radius 1 is 1.09 bits per heavy atom. The van der Waals surface area contributed by atoms with E-state index in [0.717, 1.165) is 50.4 Å². The van der Waals surface area contributed by atoms with Crippen LogP contribution in [-0.4, -0.2) is 37.7 Å². The topological polar surface area (TPSA) is 49.4 Å². The molecular formula is C15H20F2N2O2S. The van der Waals surface area contributed by atoms with Crippen molar-refractivity contribution in [2.45, 2.75) is 43.5 Å². The second kappa shape index (κ2) is 6.22. The van der Waals surface area contributed by atoms with E-state index < -0.39 is 21.7 Å². The number of hydrogen-bond donors (Lipinski definition) is 1. The molecule has 1 aromatic carbocycles. The normalized spacial score (nSPS) is 21.2. The van der Waals surface area contributed by atoms with Crippen LogP contribution in [0.15, 0.2) is 18.2 Å². The molecule has 0 amide bonds. The molecule has 22 heavy (non-hydrogen) atoms. The lowest BCUT2D eigenvalue weighted by Crippen LogP contribution is -2.45. The highest BCUT2D eigenvalue weighted by Gasteiger charge is 2.37. The first kappa shape index (κ1) is 15.8. The first-order valence-corrected chi connectivity index (χ1v) is 9.16. The Labute approximate surface area is 129 Å². The summed E-state index contributed by atoms with van der Waals surface area (Å²) in [5.74, 6) is -1.67. The first-order chi connectivity index (χ1) is 10.4. The van der Waals surface area contributed by atoms with E-state index in [-0.39, 0.29) is 11.3 Å². The largest absolute Gasteiger partial charge is 0.299 e. The van der Waals surface area contributed by atoms with E-state index in [2.05, 4.69) is 9.62 Å². The van der Waals surface area contributed by atoms with Crippen LogP contribution in [-0.2, 0) is 16.6 Å². The minimum absolute atomic E-state index is 0.00759. The zero-order chi connectivity index (χ0) is 15.7. The Balaban J connectivity index is 1.50. The van der Waals surface area contributed by atoms with Gasteiger partial charge in [0.1, 0.15) is 0 Å². The summed E-state index contributed by atoms with van der Waals surface area (Å²) in [4.78, 5) is 2.13. The van der Waals surface area contributed by atoms with Gasteiger partial charge < -0.3 is 0 Å². The average Bonchev–Trinajstić information content (AvgIpc) is 3.30. The van der Waals surface area contributed by atoms with E-state index in [0.29, 0.717) is 6.54 Å². The van der Waals surface area contributed by atoms with Crippen LogP contribution >= 0.6 is 0 Å². The number of likely N-dealkylation sites (tertiary alicyclic amines) is 1. The smallest absolute Gasteiger partial charge is 0.214 e. The molecule has 1 N–H and O–H groups in total. The Morgan fingerprint density at radius 3 is 2.36 bits per heavy atom. The SMILES string of the molecule is O=S(=O)(NC1CCN(Cc2ccc(F)c(F)c2)CC1)C1CC1. The van der Waals surface area contributed by atoms with E-state index in [1.54, 1.807) is 6.07 Å². The first-order valence-electron chi connectivity index (χ1n) is 7.61. The van der Waals surface area contributed by atoms with Crippen LogP contribution in [0.1, 0.15) is 31.2 Å². The Hall–Kier alpha value is -1.05. The molecule has 2 fully saturated rings. The lowest BCUT2D eigenvalue weighted by molar-refractivity contribution is 0.199. The molecule has 1 aliphatic carbocycles. The van der Waals surface area contributed by atoms with Crippen LogP contribution < -0.4 is 4.72 Å². The molecule has 4 nitrogen and oxygen atoms in total. The van der Waals surface area contributed by atoms with E-state index in [4.69, 9.17) is 0 Å². The predicted octanol–water partition coefficient (Wildman–Crippen LogP) is 2.01. The number of sulfonamides is 1. The summed E-state index contributed by atoms with van der Waals surface area (Å²) in [7, 11) is -3.13. The standard InChI is InChI=1S/C15H20F2N2O2S/c16-14-4-1-11(9-15(14)17)10-19-7-5-12(6-8-19)18-22(20,21)13-2-3-13/h1,4,9,12-13,18H,2-3,5-8,10H2. The van der Waals surface area contributed by atoms with Crippen LogP contribution in [0.25, 0.3) is 0 Å². The fourth-order valence-corrected chi connectivity index (χ4v) is 4.46. The molecule has 7 heteroatoms. The third-order valence-electron chi connectivity index (χ3n) is 4.27. The third kappa shape index (κ3) is 3.83. The number of nitrogens with one attached hydrogen (secondary N) is 1. The summed E-state index contributed by atoms with van der Waals surface area (Å²) < 4.78 is 52.7. The van der Waals surface area contributed by atoms with Gasteiger partial charge in [-0.2, -0.15) is 0 Å². The molecule has 122 valence electrons. The third-order valence-corrected chi connectivity index (χ3v) is 6.28. The van der Waals surface area contributed by atoms with Gasteiger partial charge in [0.15, 0.2) is 11.6 Å². The number of piperidine rings is 1. The average molecular weight is 330 g/mol. The van der Waals surface area contributed by atoms with E-state index >= 15 is 0 Å². The zero-order valence-electron chi connectivity index (χ0n) is 12.3. The monoisotopic (exact) mass is 330 g/mol. The van der Waals surface area contributed by atoms with Gasteiger partial charge in [0.2, 0.25) is 10.0 Å². The maximum atomic E-state index is 13.2. The minimum Gasteiger partial charge on any atom is -0.299 e. The molecular weight excluding hydrogens is 310 g/mol. The van der Waals surface area contributed by atoms with Crippen molar-refractivity contribution in [1.82, 2.24) is 9.62 Å². The molecule has 2 aliphatic rings. The summed E-state index contributed by atoms with van der Waals surface area (Å²) in [6.45, 7) is 2.05. The van der Waals surface area contributed by atoms with E-state index in [9.17, 15) is 17.2 Å². The van der Waals surface area contributed by atoms with Crippen molar-refractivity contribution >= 4 is 10.0 Å². The second-order valence-electron chi connectivity index (χ2n) is 6.16. The maximum absolute atomic E-state index is 13.2. The number of hydrogen-bond acceptors (Lipinski definition) is 3. The summed E-state index contributed by atoms with van der Waals surface area (Å²) in [6, 6.07) is 3.94. The highest BCUT2D eigenvalue weighted by Crippen LogP contribution is 2.28. The van der Waals surface area contributed by atoms with Crippen molar-refractivity contribution in [3.05, 3.63) is 35.4 Å². The highest BCUT2D eigenvalue weighted by molar-refractivity contribution is 7.90. The van der Waals surface area contributed by atoms with Crippen molar-refractivity contribution in [2.24, 2.45) is 0 Å². The molecule has 1 saturated heterocycles. The van der Waals surface area contributed by atoms with Gasteiger partial charge in [-0.1, -0.05) is 6.07 Å². The van der Waals surface area contributed by atoms with Gasteiger partial charge in [-0.05, 0) is 43.4 Å². The van der Waals surface area contributed by atoms with Gasteiger partial charge in [0, 0.05) is 25.7 Å². The van der Waals surface area contributed by atoms with Gasteiger partial charge in [0.05, 0.1) is 5.25 Å². The molecule has 0 atom stereocenters. The van der Waals surface area contributed by atoms with Crippen molar-refractivity contribution in [3.63, 3.8) is 0 Å². The summed E-state index contributed by atoms with van der Waals surface area (Å²) in [5, 5.41) is -0.187. The van der Waals surface area contributed by atoms with Crippen molar-refractivity contribution in [1.29, 1.82) is 0 Å². The molecule has 0 spiro atoms. The van der Waals surface area contributed by atoms with Crippen LogP contribution in [0.5, 0.6) is 0 Å². The quantitative estimate of drug-likeness (QED) is 0.898. The van der Waals surface area contributed by atoms with Gasteiger partial charge in [-0.15, -0.1) is 0 Å². The van der Waals surface area contributed by atoms with Crippen LogP contribution in [0, 0.1) is 11.6 Å². The molecule has 1 saturated carbocycles. The van der Waals surface area contributed by atoms with Crippen molar-refractivity contribution in [3.8, 4) is 0 Å². The molecule has 0 radical (unpaired) electrons. The number of halogens is 2. The Morgan fingerprint density at radius 2 is 1.77 bits per heavy atom. The van der Waals surface area contributed by atoms with Crippen LogP contribution in [0.2, 0.25) is 0 Å². The second-order valence-corrected chi connectivity index (χ2v) is 8.15. The van der Waals surface area contributed by atoms with E-state index in [1.165, 1.54) is 6.07 Å². The summed E-state index contributed by atoms with van der Waals surface area (Å²) >= 11 is 0. The summed E-state index contributed by atoms with van der Waals surface area (Å²) in [6.07, 6.45) is 3.03. The number of nitrogens with zero attached hydrogens (tertiary/aromatic N) is 1. The molecule has 0 bridgehead atoms. The number of rotatable bonds is 5. The molecule has 0 unspecified atom stereocenters. The fraction of sp³-hybridized carbons (Fsp3) is 0.600. The molecule has 1 aromatic rings. The predicted molar refractivity (Wildman–Crippen MR) is 79.7 cm³/mol. The summed E-state index contributed by atoms with van der Waals surface area (Å²) in [5.41, 5.74) is 0.732.